The number of benzene rings is 1. The molecule has 4 aliphatic rings. The van der Waals surface area contributed by atoms with Crippen molar-refractivity contribution in [2.45, 2.75) is 102 Å². The SMILES string of the molecule is CC(=O)N1C[C@H](C(=O)Cc2ccc(C)cc2C)[C@@H](c2nnc(C3CC4(CCC(F)(F)CC4)C3)n2C2CC2)C1. The second-order valence-electron chi connectivity index (χ2n) is 12.7. The Morgan fingerprint density at radius 3 is 2.32 bits per heavy atom. The van der Waals surface area contributed by atoms with Gasteiger partial charge in [-0.05, 0) is 68.9 Å². The molecule has 204 valence electrons. The van der Waals surface area contributed by atoms with Crippen LogP contribution in [0.5, 0.6) is 0 Å². The van der Waals surface area contributed by atoms with Crippen LogP contribution in [-0.4, -0.2) is 50.4 Å². The van der Waals surface area contributed by atoms with Crippen molar-refractivity contribution in [1.29, 1.82) is 0 Å². The van der Waals surface area contributed by atoms with Crippen LogP contribution in [-0.2, 0) is 16.0 Å². The quantitative estimate of drug-likeness (QED) is 0.488. The van der Waals surface area contributed by atoms with Gasteiger partial charge < -0.3 is 9.47 Å². The van der Waals surface area contributed by atoms with E-state index in [4.69, 9.17) is 0 Å². The molecule has 2 atom stereocenters. The second kappa shape index (κ2) is 9.23. The molecule has 4 fully saturated rings. The van der Waals surface area contributed by atoms with Gasteiger partial charge >= 0.3 is 0 Å². The summed E-state index contributed by atoms with van der Waals surface area (Å²) in [5.41, 5.74) is 3.34. The van der Waals surface area contributed by atoms with Gasteiger partial charge in [-0.1, -0.05) is 23.8 Å². The van der Waals surface area contributed by atoms with Gasteiger partial charge in [-0.25, -0.2) is 8.78 Å². The molecule has 6 nitrogen and oxygen atoms in total. The van der Waals surface area contributed by atoms with Crippen LogP contribution in [0, 0.1) is 25.2 Å². The molecule has 1 amide bonds. The predicted molar refractivity (Wildman–Crippen MR) is 139 cm³/mol. The molecule has 1 aliphatic heterocycles. The Hall–Kier alpha value is -2.64. The number of hydrogen-bond acceptors (Lipinski definition) is 4. The second-order valence-corrected chi connectivity index (χ2v) is 12.7. The summed E-state index contributed by atoms with van der Waals surface area (Å²) in [6.45, 7) is 6.54. The highest BCUT2D eigenvalue weighted by molar-refractivity contribution is 5.86. The molecule has 8 heteroatoms. The maximum atomic E-state index is 13.8. The van der Waals surface area contributed by atoms with Crippen LogP contribution in [0.1, 0.15) is 105 Å². The number of alkyl halides is 2. The summed E-state index contributed by atoms with van der Waals surface area (Å²) in [6.07, 6.45) is 5.43. The first kappa shape index (κ1) is 25.6. The van der Waals surface area contributed by atoms with Crippen LogP contribution >= 0.6 is 0 Å². The third-order valence-electron chi connectivity index (χ3n) is 9.80. The number of carbonyl (C=O) groups excluding carboxylic acids is 2. The van der Waals surface area contributed by atoms with Crippen molar-refractivity contribution in [3.8, 4) is 0 Å². The summed E-state index contributed by atoms with van der Waals surface area (Å²) >= 11 is 0. The molecule has 3 saturated carbocycles. The number of likely N-dealkylation sites (tertiary alicyclic amines) is 1. The van der Waals surface area contributed by atoms with Gasteiger partial charge in [0.15, 0.2) is 0 Å². The van der Waals surface area contributed by atoms with Crippen molar-refractivity contribution in [3.05, 3.63) is 46.5 Å². The maximum Gasteiger partial charge on any atom is 0.248 e. The first-order valence-corrected chi connectivity index (χ1v) is 14.2. The largest absolute Gasteiger partial charge is 0.341 e. The van der Waals surface area contributed by atoms with E-state index in [0.29, 0.717) is 38.4 Å². The molecule has 2 heterocycles. The van der Waals surface area contributed by atoms with Crippen LogP contribution in [0.4, 0.5) is 8.78 Å². The van der Waals surface area contributed by atoms with Crippen molar-refractivity contribution in [2.24, 2.45) is 11.3 Å². The molecule has 38 heavy (non-hydrogen) atoms. The number of ketones is 1. The van der Waals surface area contributed by atoms with Crippen LogP contribution in [0.25, 0.3) is 0 Å². The van der Waals surface area contributed by atoms with Gasteiger partial charge in [-0.15, -0.1) is 10.2 Å². The van der Waals surface area contributed by atoms with Gasteiger partial charge in [0, 0.05) is 63.1 Å². The van der Waals surface area contributed by atoms with Crippen molar-refractivity contribution >= 4 is 11.7 Å². The molecule has 0 bridgehead atoms. The Kier molecular flexibility index (Phi) is 6.23. The average molecular weight is 525 g/mol. The molecule has 0 unspecified atom stereocenters. The van der Waals surface area contributed by atoms with Gasteiger partial charge in [-0.3, -0.25) is 9.59 Å². The number of aryl methyl sites for hydroxylation is 2. The molecule has 1 saturated heterocycles. The van der Waals surface area contributed by atoms with Crippen molar-refractivity contribution in [3.63, 3.8) is 0 Å². The van der Waals surface area contributed by atoms with E-state index in [2.05, 4.69) is 20.8 Å². The van der Waals surface area contributed by atoms with Crippen molar-refractivity contribution in [1.82, 2.24) is 19.7 Å². The summed E-state index contributed by atoms with van der Waals surface area (Å²) in [5.74, 6) is -0.856. The van der Waals surface area contributed by atoms with Gasteiger partial charge in [0.2, 0.25) is 11.8 Å². The molecule has 6 rings (SSSR count). The molecule has 0 radical (unpaired) electrons. The highest BCUT2D eigenvalue weighted by Crippen LogP contribution is 2.61. The molecule has 1 spiro atoms. The van der Waals surface area contributed by atoms with Crippen molar-refractivity contribution < 1.29 is 18.4 Å². The monoisotopic (exact) mass is 524 g/mol. The Bertz CT molecular complexity index is 1250. The first-order valence-electron chi connectivity index (χ1n) is 14.2. The fourth-order valence-corrected chi connectivity index (χ4v) is 7.29. The van der Waals surface area contributed by atoms with E-state index in [1.54, 1.807) is 11.8 Å². The summed E-state index contributed by atoms with van der Waals surface area (Å²) in [6, 6.07) is 6.51. The Labute approximate surface area is 223 Å². The van der Waals surface area contributed by atoms with E-state index < -0.39 is 5.92 Å². The van der Waals surface area contributed by atoms with E-state index in [0.717, 1.165) is 48.5 Å². The molecular formula is C30H38F2N4O2. The molecule has 1 aromatic carbocycles. The highest BCUT2D eigenvalue weighted by Gasteiger charge is 2.53. The zero-order chi connectivity index (χ0) is 26.8. The molecule has 0 N–H and O–H groups in total. The minimum atomic E-state index is -2.51. The summed E-state index contributed by atoms with van der Waals surface area (Å²) < 4.78 is 29.8. The summed E-state index contributed by atoms with van der Waals surface area (Å²) in [4.78, 5) is 27.9. The zero-order valence-corrected chi connectivity index (χ0v) is 22.7. The first-order chi connectivity index (χ1) is 18.0. The average Bonchev–Trinajstić information content (AvgIpc) is 3.42. The summed E-state index contributed by atoms with van der Waals surface area (Å²) in [5, 5.41) is 9.36. The molecule has 2 aromatic rings. The number of nitrogens with zero attached hydrogens (tertiary/aromatic N) is 4. The number of amides is 1. The lowest BCUT2D eigenvalue weighted by Gasteiger charge is -2.51. The van der Waals surface area contributed by atoms with Crippen LogP contribution < -0.4 is 0 Å². The van der Waals surface area contributed by atoms with Gasteiger partial charge in [-0.2, -0.15) is 0 Å². The number of aromatic nitrogens is 3. The smallest absolute Gasteiger partial charge is 0.248 e. The predicted octanol–water partition coefficient (Wildman–Crippen LogP) is 5.68. The normalized spacial score (nSPS) is 26.5. The van der Waals surface area contributed by atoms with Gasteiger partial charge in [0.1, 0.15) is 17.4 Å². The van der Waals surface area contributed by atoms with Gasteiger partial charge in [0.05, 0.1) is 0 Å². The van der Waals surface area contributed by atoms with E-state index in [-0.39, 0.29) is 47.7 Å². The lowest BCUT2D eigenvalue weighted by Crippen LogP contribution is -2.42. The fraction of sp³-hybridized carbons (Fsp3) is 0.667. The number of halogens is 2. The van der Waals surface area contributed by atoms with E-state index in [1.807, 2.05) is 26.0 Å². The van der Waals surface area contributed by atoms with Gasteiger partial charge in [0.25, 0.3) is 0 Å². The topological polar surface area (TPSA) is 68.1 Å². The maximum absolute atomic E-state index is 13.8. The fourth-order valence-electron chi connectivity index (χ4n) is 7.29. The number of rotatable bonds is 6. The van der Waals surface area contributed by atoms with Crippen LogP contribution in [0.15, 0.2) is 18.2 Å². The highest BCUT2D eigenvalue weighted by atomic mass is 19.3. The molecule has 3 aliphatic carbocycles. The van der Waals surface area contributed by atoms with Crippen LogP contribution in [0.3, 0.4) is 0 Å². The van der Waals surface area contributed by atoms with E-state index >= 15 is 0 Å². The third-order valence-corrected chi connectivity index (χ3v) is 9.80. The minimum absolute atomic E-state index is 0.00646. The standard InChI is InChI=1S/C30H38F2N4O2/c1-18-4-5-21(19(2)12-18)13-26(38)24-16-35(20(3)37)17-25(24)28-34-33-27(36(28)23-6-7-23)22-14-29(15-22)8-10-30(31,32)11-9-29/h4-5,12,22-25H,6-11,13-17H2,1-3H3/t24-,25-/m0/s1. The minimum Gasteiger partial charge on any atom is -0.341 e. The molecular weight excluding hydrogens is 486 g/mol. The number of hydrogen-bond donors (Lipinski definition) is 0. The summed E-state index contributed by atoms with van der Waals surface area (Å²) in [7, 11) is 0. The number of Topliss-reactive ketones (excluding diaryl/α,β-unsaturated/α-hetero) is 1. The van der Waals surface area contributed by atoms with Crippen molar-refractivity contribution in [2.75, 3.05) is 13.1 Å². The van der Waals surface area contributed by atoms with E-state index in [9.17, 15) is 18.4 Å². The lowest BCUT2D eigenvalue weighted by molar-refractivity contribution is -0.128. The Morgan fingerprint density at radius 1 is 1.00 bits per heavy atom. The Balaban J connectivity index is 1.25. The number of carbonyl (C=O) groups is 2. The molecule has 1 aromatic heterocycles. The lowest BCUT2D eigenvalue weighted by atomic mass is 9.55. The van der Waals surface area contributed by atoms with E-state index in [1.165, 1.54) is 5.56 Å². The zero-order valence-electron chi connectivity index (χ0n) is 22.7. The van der Waals surface area contributed by atoms with Crippen LogP contribution in [0.2, 0.25) is 0 Å². The Morgan fingerprint density at radius 2 is 1.68 bits per heavy atom. The third kappa shape index (κ3) is 4.68.